The van der Waals surface area contributed by atoms with Crippen LogP contribution in [0.5, 0.6) is 0 Å². The zero-order valence-electron chi connectivity index (χ0n) is 12.8. The van der Waals surface area contributed by atoms with Gasteiger partial charge in [-0.3, -0.25) is 0 Å². The summed E-state index contributed by atoms with van der Waals surface area (Å²) >= 11 is 0. The van der Waals surface area contributed by atoms with Crippen molar-refractivity contribution in [2.24, 2.45) is 5.41 Å². The quantitative estimate of drug-likeness (QED) is 0.575. The molecule has 108 valence electrons. The van der Waals surface area contributed by atoms with Crippen LogP contribution in [0, 0.1) is 5.41 Å². The van der Waals surface area contributed by atoms with Crippen molar-refractivity contribution in [1.29, 1.82) is 0 Å². The molecule has 1 unspecified atom stereocenters. The molecular weight excluding hydrogens is 224 g/mol. The summed E-state index contributed by atoms with van der Waals surface area (Å²) in [6, 6.07) is 0.814. The summed E-state index contributed by atoms with van der Waals surface area (Å²) in [5.41, 5.74) is 0.394. The van der Waals surface area contributed by atoms with E-state index in [0.717, 1.165) is 38.9 Å². The fraction of sp³-hybridized carbons (Fsp3) is 1.00. The third-order valence-corrected chi connectivity index (χ3v) is 4.06. The van der Waals surface area contributed by atoms with E-state index < -0.39 is 0 Å². The van der Waals surface area contributed by atoms with Gasteiger partial charge in [-0.2, -0.15) is 0 Å². The molecule has 0 heterocycles. The molecule has 1 rings (SSSR count). The molecule has 0 aliphatic heterocycles. The predicted octanol–water partition coefficient (Wildman–Crippen LogP) is 2.51. The lowest BCUT2D eigenvalue weighted by atomic mass is 9.86. The van der Waals surface area contributed by atoms with Crippen molar-refractivity contribution in [1.82, 2.24) is 10.2 Å². The first-order chi connectivity index (χ1) is 8.63. The highest BCUT2D eigenvalue weighted by Gasteiger charge is 2.28. The van der Waals surface area contributed by atoms with Gasteiger partial charge in [0.15, 0.2) is 0 Å². The van der Waals surface area contributed by atoms with E-state index in [1.807, 2.05) is 0 Å². The molecular formula is C15H32N2O. The SMILES string of the molecule is CCOCCN(CC)CC(C)(CC)CNC1CC1. The van der Waals surface area contributed by atoms with Crippen LogP contribution in [0.25, 0.3) is 0 Å². The van der Waals surface area contributed by atoms with E-state index in [0.29, 0.717) is 5.41 Å². The van der Waals surface area contributed by atoms with E-state index in [4.69, 9.17) is 4.74 Å². The summed E-state index contributed by atoms with van der Waals surface area (Å²) in [6.45, 7) is 15.2. The van der Waals surface area contributed by atoms with Gasteiger partial charge in [0.05, 0.1) is 6.61 Å². The lowest BCUT2D eigenvalue weighted by Crippen LogP contribution is -2.43. The molecule has 0 aromatic rings. The van der Waals surface area contributed by atoms with Crippen molar-refractivity contribution in [3.05, 3.63) is 0 Å². The minimum atomic E-state index is 0.394. The Hall–Kier alpha value is -0.120. The molecule has 1 fully saturated rings. The highest BCUT2D eigenvalue weighted by atomic mass is 16.5. The maximum Gasteiger partial charge on any atom is 0.0593 e. The third-order valence-electron chi connectivity index (χ3n) is 4.06. The van der Waals surface area contributed by atoms with Gasteiger partial charge in [-0.15, -0.1) is 0 Å². The van der Waals surface area contributed by atoms with Gasteiger partial charge in [-0.25, -0.2) is 0 Å². The van der Waals surface area contributed by atoms with Gasteiger partial charge in [0.25, 0.3) is 0 Å². The minimum Gasteiger partial charge on any atom is -0.380 e. The van der Waals surface area contributed by atoms with E-state index in [1.165, 1.54) is 25.8 Å². The van der Waals surface area contributed by atoms with Crippen LogP contribution in [0.4, 0.5) is 0 Å². The first-order valence-electron chi connectivity index (χ1n) is 7.67. The van der Waals surface area contributed by atoms with Crippen LogP contribution >= 0.6 is 0 Å². The maximum atomic E-state index is 5.46. The molecule has 0 amide bonds. The van der Waals surface area contributed by atoms with Gasteiger partial charge >= 0.3 is 0 Å². The lowest BCUT2D eigenvalue weighted by molar-refractivity contribution is 0.0914. The smallest absolute Gasteiger partial charge is 0.0593 e. The second kappa shape index (κ2) is 8.13. The predicted molar refractivity (Wildman–Crippen MR) is 78.0 cm³/mol. The van der Waals surface area contributed by atoms with E-state index >= 15 is 0 Å². The monoisotopic (exact) mass is 256 g/mol. The van der Waals surface area contributed by atoms with Crippen LogP contribution in [0.15, 0.2) is 0 Å². The second-order valence-electron chi connectivity index (χ2n) is 5.89. The molecule has 1 saturated carbocycles. The molecule has 0 saturated heterocycles. The van der Waals surface area contributed by atoms with Gasteiger partial charge in [0, 0.05) is 32.3 Å². The number of ether oxygens (including phenoxy) is 1. The Labute approximate surface area is 113 Å². The zero-order chi connectivity index (χ0) is 13.4. The Morgan fingerprint density at radius 1 is 1.28 bits per heavy atom. The molecule has 1 N–H and O–H groups in total. The summed E-state index contributed by atoms with van der Waals surface area (Å²) < 4.78 is 5.46. The average Bonchev–Trinajstić information content (AvgIpc) is 3.19. The van der Waals surface area contributed by atoms with Crippen LogP contribution in [0.1, 0.15) is 47.0 Å². The van der Waals surface area contributed by atoms with Crippen molar-refractivity contribution < 1.29 is 4.74 Å². The number of hydrogen-bond donors (Lipinski definition) is 1. The molecule has 0 aromatic heterocycles. The average molecular weight is 256 g/mol. The topological polar surface area (TPSA) is 24.5 Å². The molecule has 0 spiro atoms. The Morgan fingerprint density at radius 3 is 2.50 bits per heavy atom. The summed E-state index contributed by atoms with van der Waals surface area (Å²) in [5.74, 6) is 0. The normalized spacial score (nSPS) is 19.2. The highest BCUT2D eigenvalue weighted by Crippen LogP contribution is 2.25. The summed E-state index contributed by atoms with van der Waals surface area (Å²) in [7, 11) is 0. The Bertz CT molecular complexity index is 219. The van der Waals surface area contributed by atoms with Crippen LogP contribution < -0.4 is 5.32 Å². The first kappa shape index (κ1) is 15.9. The van der Waals surface area contributed by atoms with Crippen molar-refractivity contribution in [2.45, 2.75) is 53.0 Å². The van der Waals surface area contributed by atoms with Gasteiger partial charge in [-0.1, -0.05) is 20.8 Å². The number of hydrogen-bond acceptors (Lipinski definition) is 3. The van der Waals surface area contributed by atoms with E-state index in [1.54, 1.807) is 0 Å². The number of nitrogens with one attached hydrogen (secondary N) is 1. The highest BCUT2D eigenvalue weighted by molar-refractivity contribution is 4.86. The van der Waals surface area contributed by atoms with E-state index in [-0.39, 0.29) is 0 Å². The lowest BCUT2D eigenvalue weighted by Gasteiger charge is -2.34. The molecule has 0 aromatic carbocycles. The standard InChI is InChI=1S/C15H32N2O/c1-5-15(4,12-16-14-8-9-14)13-17(6-2)10-11-18-7-3/h14,16H,5-13H2,1-4H3. The molecule has 3 heteroatoms. The van der Waals surface area contributed by atoms with Gasteiger partial charge < -0.3 is 15.0 Å². The van der Waals surface area contributed by atoms with E-state index in [9.17, 15) is 0 Å². The maximum absolute atomic E-state index is 5.46. The number of rotatable bonds is 11. The largest absolute Gasteiger partial charge is 0.380 e. The van der Waals surface area contributed by atoms with Crippen molar-refractivity contribution in [3.63, 3.8) is 0 Å². The molecule has 1 atom stereocenters. The van der Waals surface area contributed by atoms with Crippen molar-refractivity contribution in [2.75, 3.05) is 39.4 Å². The minimum absolute atomic E-state index is 0.394. The fourth-order valence-corrected chi connectivity index (χ4v) is 2.20. The van der Waals surface area contributed by atoms with Gasteiger partial charge in [0.2, 0.25) is 0 Å². The van der Waals surface area contributed by atoms with Crippen molar-refractivity contribution >= 4 is 0 Å². The van der Waals surface area contributed by atoms with Crippen LogP contribution in [-0.2, 0) is 4.74 Å². The molecule has 1 aliphatic rings. The van der Waals surface area contributed by atoms with Gasteiger partial charge in [-0.05, 0) is 38.1 Å². The Kier molecular flexibility index (Phi) is 7.20. The number of nitrogens with zero attached hydrogens (tertiary/aromatic N) is 1. The van der Waals surface area contributed by atoms with Crippen LogP contribution in [0.2, 0.25) is 0 Å². The van der Waals surface area contributed by atoms with Crippen LogP contribution in [-0.4, -0.2) is 50.3 Å². The summed E-state index contributed by atoms with van der Waals surface area (Å²) in [6.07, 6.45) is 3.99. The van der Waals surface area contributed by atoms with E-state index in [2.05, 4.69) is 37.9 Å². The second-order valence-corrected chi connectivity index (χ2v) is 5.89. The Morgan fingerprint density at radius 2 is 2.00 bits per heavy atom. The Balaban J connectivity index is 2.31. The molecule has 1 aliphatic carbocycles. The zero-order valence-corrected chi connectivity index (χ0v) is 12.8. The molecule has 3 nitrogen and oxygen atoms in total. The van der Waals surface area contributed by atoms with Gasteiger partial charge in [0.1, 0.15) is 0 Å². The molecule has 0 radical (unpaired) electrons. The van der Waals surface area contributed by atoms with Crippen molar-refractivity contribution in [3.8, 4) is 0 Å². The third kappa shape index (κ3) is 6.17. The summed E-state index contributed by atoms with van der Waals surface area (Å²) in [5, 5.41) is 3.69. The molecule has 18 heavy (non-hydrogen) atoms. The van der Waals surface area contributed by atoms with Crippen LogP contribution in [0.3, 0.4) is 0 Å². The summed E-state index contributed by atoms with van der Waals surface area (Å²) in [4.78, 5) is 2.52. The molecule has 0 bridgehead atoms. The number of likely N-dealkylation sites (N-methyl/N-ethyl adjacent to an activating group) is 1. The fourth-order valence-electron chi connectivity index (χ4n) is 2.20. The first-order valence-corrected chi connectivity index (χ1v) is 7.67.